The predicted octanol–water partition coefficient (Wildman–Crippen LogP) is 4.58. The number of benzene rings is 3. The van der Waals surface area contributed by atoms with Crippen molar-refractivity contribution in [2.24, 2.45) is 4.99 Å². The fourth-order valence-corrected chi connectivity index (χ4v) is 3.43. The lowest BCUT2D eigenvalue weighted by Crippen LogP contribution is -2.09. The molecule has 9 nitrogen and oxygen atoms in total. The number of carbonyl (C=O) groups excluding carboxylic acids is 3. The van der Waals surface area contributed by atoms with E-state index in [0.29, 0.717) is 29.0 Å². The summed E-state index contributed by atoms with van der Waals surface area (Å²) in [4.78, 5) is 40.5. The van der Waals surface area contributed by atoms with Crippen LogP contribution in [0.15, 0.2) is 77.4 Å². The van der Waals surface area contributed by atoms with Crippen LogP contribution >= 0.6 is 0 Å². The second-order valence-corrected chi connectivity index (χ2v) is 7.69. The number of esters is 3. The molecular weight excluding hydrogens is 478 g/mol. The number of rotatable bonds is 8. The molecular formula is C28H23NO8. The molecule has 0 saturated heterocycles. The van der Waals surface area contributed by atoms with Crippen molar-refractivity contribution in [3.05, 3.63) is 89.1 Å². The van der Waals surface area contributed by atoms with Gasteiger partial charge in [0.15, 0.2) is 28.7 Å². The zero-order chi connectivity index (χ0) is 26.4. The van der Waals surface area contributed by atoms with Crippen LogP contribution < -0.4 is 18.9 Å². The van der Waals surface area contributed by atoms with Gasteiger partial charge < -0.3 is 23.7 Å². The second-order valence-electron chi connectivity index (χ2n) is 7.69. The van der Waals surface area contributed by atoms with E-state index < -0.39 is 17.9 Å². The Hall–Kier alpha value is -4.92. The Balaban J connectivity index is 1.59. The molecule has 1 aliphatic rings. The molecule has 1 aliphatic heterocycles. The zero-order valence-electron chi connectivity index (χ0n) is 20.3. The average molecular weight is 501 g/mol. The summed E-state index contributed by atoms with van der Waals surface area (Å²) in [6, 6.07) is 18.2. The van der Waals surface area contributed by atoms with Gasteiger partial charge in [-0.1, -0.05) is 24.3 Å². The molecule has 0 aromatic heterocycles. The molecule has 9 heteroatoms. The quantitative estimate of drug-likeness (QED) is 0.251. The van der Waals surface area contributed by atoms with Crippen molar-refractivity contribution in [1.82, 2.24) is 0 Å². The normalized spacial score (nSPS) is 13.5. The van der Waals surface area contributed by atoms with Crippen molar-refractivity contribution < 1.29 is 38.1 Å². The predicted molar refractivity (Wildman–Crippen MR) is 134 cm³/mol. The highest BCUT2D eigenvalue weighted by molar-refractivity contribution is 6.13. The van der Waals surface area contributed by atoms with Gasteiger partial charge in [0.25, 0.3) is 0 Å². The number of aliphatic imine (C=N–C) groups is 1. The van der Waals surface area contributed by atoms with Crippen LogP contribution in [-0.4, -0.2) is 37.5 Å². The Kier molecular flexibility index (Phi) is 7.63. The lowest BCUT2D eigenvalue weighted by molar-refractivity contribution is -0.132. The number of methoxy groups -OCH3 is 1. The average Bonchev–Trinajstić information content (AvgIpc) is 3.26. The van der Waals surface area contributed by atoms with E-state index in [2.05, 4.69) is 4.99 Å². The van der Waals surface area contributed by atoms with Crippen LogP contribution in [0.5, 0.6) is 23.0 Å². The van der Waals surface area contributed by atoms with Crippen molar-refractivity contribution in [2.45, 2.75) is 13.8 Å². The summed E-state index contributed by atoms with van der Waals surface area (Å²) in [6.45, 7) is 3.43. The Morgan fingerprint density at radius 3 is 2.35 bits per heavy atom. The van der Waals surface area contributed by atoms with E-state index in [-0.39, 0.29) is 28.8 Å². The molecule has 188 valence electrons. The third-order valence-electron chi connectivity index (χ3n) is 5.07. The first-order chi connectivity index (χ1) is 17.9. The van der Waals surface area contributed by atoms with Gasteiger partial charge in [-0.2, -0.15) is 0 Å². The largest absolute Gasteiger partial charge is 0.493 e. The topological polar surface area (TPSA) is 110 Å². The van der Waals surface area contributed by atoms with Gasteiger partial charge in [0.2, 0.25) is 5.90 Å². The minimum atomic E-state index is -0.643. The molecule has 0 fully saturated rings. The van der Waals surface area contributed by atoms with Gasteiger partial charge in [-0.3, -0.25) is 4.79 Å². The maximum Gasteiger partial charge on any atom is 0.363 e. The zero-order valence-corrected chi connectivity index (χ0v) is 20.3. The number of nitrogens with zero attached hydrogens (tertiary/aromatic N) is 1. The van der Waals surface area contributed by atoms with Gasteiger partial charge in [0.1, 0.15) is 0 Å². The molecule has 37 heavy (non-hydrogen) atoms. The van der Waals surface area contributed by atoms with Crippen LogP contribution in [0, 0.1) is 0 Å². The first-order valence-electron chi connectivity index (χ1n) is 11.3. The molecule has 0 spiro atoms. The maximum absolute atomic E-state index is 12.5. The van der Waals surface area contributed by atoms with Crippen molar-refractivity contribution in [2.75, 3.05) is 13.7 Å². The molecule has 3 aromatic rings. The van der Waals surface area contributed by atoms with Gasteiger partial charge >= 0.3 is 17.9 Å². The summed E-state index contributed by atoms with van der Waals surface area (Å²) in [5, 5.41) is 0. The van der Waals surface area contributed by atoms with E-state index >= 15 is 0 Å². The summed E-state index contributed by atoms with van der Waals surface area (Å²) in [5.41, 5.74) is 1.52. The Labute approximate surface area is 212 Å². The summed E-state index contributed by atoms with van der Waals surface area (Å²) in [5.74, 6) is -0.483. The third-order valence-corrected chi connectivity index (χ3v) is 5.07. The first kappa shape index (κ1) is 25.2. The highest BCUT2D eigenvalue weighted by atomic mass is 16.6. The molecule has 0 saturated carbocycles. The molecule has 1 heterocycles. The smallest absolute Gasteiger partial charge is 0.363 e. The Bertz CT molecular complexity index is 1410. The standard InChI is InChI=1S/C28H23NO8/c1-4-34-25-15-18(10-12-23(25)36-27(31)19-8-6-5-7-9-19)14-21-28(32)37-26(29-21)20-11-13-22(35-17(2)30)24(16-20)33-3/h5-16H,4H2,1-3H3/b21-14-. The molecule has 0 amide bonds. The monoisotopic (exact) mass is 501 g/mol. The van der Waals surface area contributed by atoms with E-state index in [1.165, 1.54) is 26.2 Å². The number of carbonyl (C=O) groups is 3. The van der Waals surface area contributed by atoms with Crippen LogP contribution in [0.3, 0.4) is 0 Å². The van der Waals surface area contributed by atoms with Crippen LogP contribution in [0.2, 0.25) is 0 Å². The summed E-state index contributed by atoms with van der Waals surface area (Å²) in [6.07, 6.45) is 1.53. The molecule has 0 atom stereocenters. The van der Waals surface area contributed by atoms with E-state index in [4.69, 9.17) is 23.7 Å². The highest BCUT2D eigenvalue weighted by Crippen LogP contribution is 2.32. The van der Waals surface area contributed by atoms with E-state index in [1.54, 1.807) is 67.6 Å². The van der Waals surface area contributed by atoms with Gasteiger partial charge in [0, 0.05) is 12.5 Å². The Morgan fingerprint density at radius 2 is 1.65 bits per heavy atom. The molecule has 0 radical (unpaired) electrons. The fraction of sp³-hybridized carbons (Fsp3) is 0.143. The van der Waals surface area contributed by atoms with Crippen molar-refractivity contribution in [3.8, 4) is 23.0 Å². The lowest BCUT2D eigenvalue weighted by Gasteiger charge is -2.11. The van der Waals surface area contributed by atoms with Gasteiger partial charge in [-0.15, -0.1) is 0 Å². The van der Waals surface area contributed by atoms with Gasteiger partial charge in [-0.25, -0.2) is 14.6 Å². The summed E-state index contributed by atoms with van der Waals surface area (Å²) in [7, 11) is 1.43. The van der Waals surface area contributed by atoms with Crippen LogP contribution in [0.25, 0.3) is 6.08 Å². The molecule has 0 unspecified atom stereocenters. The molecule has 0 bridgehead atoms. The van der Waals surface area contributed by atoms with Crippen molar-refractivity contribution in [3.63, 3.8) is 0 Å². The highest BCUT2D eigenvalue weighted by Gasteiger charge is 2.25. The number of hydrogen-bond acceptors (Lipinski definition) is 9. The van der Waals surface area contributed by atoms with Crippen molar-refractivity contribution in [1.29, 1.82) is 0 Å². The molecule has 0 aliphatic carbocycles. The Morgan fingerprint density at radius 1 is 0.919 bits per heavy atom. The molecule has 3 aromatic carbocycles. The molecule has 4 rings (SSSR count). The second kappa shape index (κ2) is 11.2. The lowest BCUT2D eigenvalue weighted by atomic mass is 10.1. The third kappa shape index (κ3) is 6.02. The van der Waals surface area contributed by atoms with Gasteiger partial charge in [0.05, 0.1) is 19.3 Å². The first-order valence-corrected chi connectivity index (χ1v) is 11.3. The number of hydrogen-bond donors (Lipinski definition) is 0. The minimum Gasteiger partial charge on any atom is -0.493 e. The number of cyclic esters (lactones) is 1. The van der Waals surface area contributed by atoms with E-state index in [1.807, 2.05) is 0 Å². The minimum absolute atomic E-state index is 0.0644. The van der Waals surface area contributed by atoms with E-state index in [0.717, 1.165) is 0 Å². The van der Waals surface area contributed by atoms with Gasteiger partial charge in [-0.05, 0) is 61.0 Å². The number of ether oxygens (including phenoxy) is 5. The SMILES string of the molecule is CCOc1cc(/C=C2\N=C(c3ccc(OC(C)=O)c(OC)c3)OC2=O)ccc1OC(=O)c1ccccc1. The van der Waals surface area contributed by atoms with E-state index in [9.17, 15) is 14.4 Å². The summed E-state index contributed by atoms with van der Waals surface area (Å²) < 4.78 is 26.9. The fourth-order valence-electron chi connectivity index (χ4n) is 3.43. The summed E-state index contributed by atoms with van der Waals surface area (Å²) >= 11 is 0. The van der Waals surface area contributed by atoms with Crippen LogP contribution in [0.1, 0.15) is 35.3 Å². The van der Waals surface area contributed by atoms with Crippen molar-refractivity contribution >= 4 is 29.9 Å². The van der Waals surface area contributed by atoms with Crippen LogP contribution in [0.4, 0.5) is 0 Å². The van der Waals surface area contributed by atoms with Crippen LogP contribution in [-0.2, 0) is 14.3 Å². The molecule has 0 N–H and O–H groups in total. The maximum atomic E-state index is 12.5.